The number of rotatable bonds is 3. The van der Waals surface area contributed by atoms with Crippen LogP contribution in [0.25, 0.3) is 22.2 Å². The van der Waals surface area contributed by atoms with Crippen LogP contribution in [0.5, 0.6) is 17.2 Å². The summed E-state index contributed by atoms with van der Waals surface area (Å²) in [6.07, 6.45) is 4.99. The Labute approximate surface area is 168 Å². The fourth-order valence-electron chi connectivity index (χ4n) is 4.20. The van der Waals surface area contributed by atoms with E-state index in [0.717, 1.165) is 37.0 Å². The van der Waals surface area contributed by atoms with E-state index in [9.17, 15) is 9.90 Å². The number of aromatic carboxylic acids is 1. The van der Waals surface area contributed by atoms with E-state index in [0.29, 0.717) is 28.1 Å². The van der Waals surface area contributed by atoms with Gasteiger partial charge < -0.3 is 19.3 Å². The van der Waals surface area contributed by atoms with Gasteiger partial charge in [-0.3, -0.25) is 0 Å². The molecule has 1 saturated carbocycles. The molecule has 1 N–H and O–H groups in total. The summed E-state index contributed by atoms with van der Waals surface area (Å²) in [4.78, 5) is 16.7. The van der Waals surface area contributed by atoms with Crippen molar-refractivity contribution in [1.29, 1.82) is 0 Å². The van der Waals surface area contributed by atoms with E-state index in [1.165, 1.54) is 6.42 Å². The van der Waals surface area contributed by atoms with E-state index in [2.05, 4.69) is 0 Å². The highest BCUT2D eigenvalue weighted by Crippen LogP contribution is 2.47. The molecule has 1 fully saturated rings. The number of pyridine rings is 1. The summed E-state index contributed by atoms with van der Waals surface area (Å²) in [5, 5.41) is 10.4. The van der Waals surface area contributed by atoms with Gasteiger partial charge in [0.2, 0.25) is 0 Å². The zero-order valence-electron chi connectivity index (χ0n) is 16.1. The molecular formula is C23H21NO5. The number of ether oxygens (including phenoxy) is 3. The molecule has 0 amide bonds. The zero-order chi connectivity index (χ0) is 20.0. The largest absolute Gasteiger partial charge is 0.497 e. The van der Waals surface area contributed by atoms with E-state index >= 15 is 0 Å². The average molecular weight is 391 g/mol. The van der Waals surface area contributed by atoms with Gasteiger partial charge in [0.25, 0.3) is 5.79 Å². The van der Waals surface area contributed by atoms with Gasteiger partial charge in [0.15, 0.2) is 11.5 Å². The maximum Gasteiger partial charge on any atom is 0.336 e. The predicted octanol–water partition coefficient (Wildman–Crippen LogP) is 5.04. The molecule has 1 spiro atoms. The molecule has 0 bridgehead atoms. The van der Waals surface area contributed by atoms with Gasteiger partial charge in [-0.15, -0.1) is 0 Å². The number of benzene rings is 2. The summed E-state index contributed by atoms with van der Waals surface area (Å²) in [5.74, 6) is 0.351. The van der Waals surface area contributed by atoms with E-state index in [4.69, 9.17) is 19.2 Å². The van der Waals surface area contributed by atoms with Crippen molar-refractivity contribution in [2.75, 3.05) is 7.11 Å². The van der Waals surface area contributed by atoms with Gasteiger partial charge in [0.1, 0.15) is 5.75 Å². The van der Waals surface area contributed by atoms with Crippen LogP contribution in [0.15, 0.2) is 42.5 Å². The molecule has 5 rings (SSSR count). The highest BCUT2D eigenvalue weighted by Gasteiger charge is 2.42. The smallest absolute Gasteiger partial charge is 0.336 e. The molecule has 2 heterocycles. The lowest BCUT2D eigenvalue weighted by Gasteiger charge is -2.31. The van der Waals surface area contributed by atoms with Crippen molar-refractivity contribution in [3.8, 4) is 28.5 Å². The Balaban J connectivity index is 1.62. The molecule has 6 heteroatoms. The summed E-state index contributed by atoms with van der Waals surface area (Å²) < 4.78 is 17.6. The maximum absolute atomic E-state index is 12.0. The van der Waals surface area contributed by atoms with Crippen LogP contribution in [0.1, 0.15) is 42.5 Å². The SMILES string of the molecule is COc1ccc(-c2cc(C(=O)O)c3cc4c(cc3n2)OC2(CCCCC2)O4)cc1. The van der Waals surface area contributed by atoms with Crippen LogP contribution in [0, 0.1) is 0 Å². The summed E-state index contributed by atoms with van der Waals surface area (Å²) in [6, 6.07) is 12.5. The molecule has 6 nitrogen and oxygen atoms in total. The van der Waals surface area contributed by atoms with Crippen molar-refractivity contribution in [3.63, 3.8) is 0 Å². The van der Waals surface area contributed by atoms with Crippen LogP contribution in [0.2, 0.25) is 0 Å². The van der Waals surface area contributed by atoms with E-state index < -0.39 is 11.8 Å². The third-order valence-electron chi connectivity index (χ3n) is 5.70. The van der Waals surface area contributed by atoms with Crippen molar-refractivity contribution >= 4 is 16.9 Å². The van der Waals surface area contributed by atoms with Crippen molar-refractivity contribution in [1.82, 2.24) is 4.98 Å². The van der Waals surface area contributed by atoms with Crippen LogP contribution >= 0.6 is 0 Å². The Morgan fingerprint density at radius 3 is 2.38 bits per heavy atom. The number of hydrogen-bond acceptors (Lipinski definition) is 5. The van der Waals surface area contributed by atoms with Gasteiger partial charge in [-0.1, -0.05) is 6.42 Å². The number of fused-ring (bicyclic) bond motifs is 2. The van der Waals surface area contributed by atoms with Gasteiger partial charge in [-0.2, -0.15) is 0 Å². The van der Waals surface area contributed by atoms with Crippen LogP contribution in [-0.2, 0) is 0 Å². The van der Waals surface area contributed by atoms with Gasteiger partial charge in [0, 0.05) is 29.9 Å². The van der Waals surface area contributed by atoms with Gasteiger partial charge in [-0.25, -0.2) is 9.78 Å². The van der Waals surface area contributed by atoms with Crippen molar-refractivity contribution in [2.24, 2.45) is 0 Å². The zero-order valence-corrected chi connectivity index (χ0v) is 16.1. The molecule has 2 aliphatic rings. The molecule has 2 aromatic carbocycles. The highest BCUT2D eigenvalue weighted by molar-refractivity contribution is 6.04. The third kappa shape index (κ3) is 3.05. The standard InChI is InChI=1S/C23H21NO5/c1-27-15-7-5-14(6-8-15)18-11-17(22(25)26)16-12-20-21(13-19(16)24-18)29-23(28-20)9-3-2-4-10-23/h5-8,11-13H,2-4,9-10H2,1H3,(H,25,26). The first kappa shape index (κ1) is 17.8. The molecule has 0 unspecified atom stereocenters. The normalized spacial score (nSPS) is 16.9. The summed E-state index contributed by atoms with van der Waals surface area (Å²) in [7, 11) is 1.60. The third-order valence-corrected chi connectivity index (χ3v) is 5.70. The molecule has 3 aromatic rings. The lowest BCUT2D eigenvalue weighted by molar-refractivity contribution is -0.105. The van der Waals surface area contributed by atoms with Gasteiger partial charge in [-0.05, 0) is 49.2 Å². The lowest BCUT2D eigenvalue weighted by Crippen LogP contribution is -2.40. The molecule has 1 aliphatic carbocycles. The predicted molar refractivity (Wildman–Crippen MR) is 108 cm³/mol. The lowest BCUT2D eigenvalue weighted by atomic mass is 9.94. The van der Waals surface area contributed by atoms with Gasteiger partial charge in [0.05, 0.1) is 23.9 Å². The van der Waals surface area contributed by atoms with E-state index in [1.54, 1.807) is 25.3 Å². The van der Waals surface area contributed by atoms with E-state index in [1.807, 2.05) is 24.3 Å². The van der Waals surface area contributed by atoms with Crippen molar-refractivity contribution in [2.45, 2.75) is 37.9 Å². The van der Waals surface area contributed by atoms with Crippen LogP contribution in [-0.4, -0.2) is 29.0 Å². The molecule has 0 saturated heterocycles. The summed E-state index contributed by atoms with van der Waals surface area (Å²) >= 11 is 0. The quantitative estimate of drug-likeness (QED) is 0.674. The minimum Gasteiger partial charge on any atom is -0.497 e. The fraction of sp³-hybridized carbons (Fsp3) is 0.304. The Hall–Kier alpha value is -3.28. The number of hydrogen-bond donors (Lipinski definition) is 1. The second kappa shape index (κ2) is 6.65. The van der Waals surface area contributed by atoms with Crippen molar-refractivity contribution < 1.29 is 24.1 Å². The first-order valence-corrected chi connectivity index (χ1v) is 9.81. The summed E-state index contributed by atoms with van der Waals surface area (Å²) in [5.41, 5.74) is 2.17. The molecule has 1 aliphatic heterocycles. The number of carbonyl (C=O) groups is 1. The van der Waals surface area contributed by atoms with Crippen LogP contribution in [0.3, 0.4) is 0 Å². The number of nitrogens with zero attached hydrogens (tertiary/aromatic N) is 1. The molecular weight excluding hydrogens is 370 g/mol. The van der Waals surface area contributed by atoms with Crippen molar-refractivity contribution in [3.05, 3.63) is 48.0 Å². The monoisotopic (exact) mass is 391 g/mol. The molecule has 29 heavy (non-hydrogen) atoms. The van der Waals surface area contributed by atoms with E-state index in [-0.39, 0.29) is 5.56 Å². The second-order valence-electron chi connectivity index (χ2n) is 7.58. The molecule has 0 radical (unpaired) electrons. The summed E-state index contributed by atoms with van der Waals surface area (Å²) in [6.45, 7) is 0. The fourth-order valence-corrected chi connectivity index (χ4v) is 4.20. The Morgan fingerprint density at radius 1 is 1.03 bits per heavy atom. The Morgan fingerprint density at radius 2 is 1.72 bits per heavy atom. The number of aromatic nitrogens is 1. The molecule has 148 valence electrons. The van der Waals surface area contributed by atoms with Crippen LogP contribution < -0.4 is 14.2 Å². The Bertz CT molecular complexity index is 1100. The molecule has 1 aromatic heterocycles. The number of carboxylic acid groups (broad SMARTS) is 1. The highest BCUT2D eigenvalue weighted by atomic mass is 16.7. The number of carboxylic acids is 1. The maximum atomic E-state index is 12.0. The first-order valence-electron chi connectivity index (χ1n) is 9.81. The minimum atomic E-state index is -1.00. The second-order valence-corrected chi connectivity index (χ2v) is 7.58. The first-order chi connectivity index (χ1) is 14.1. The Kier molecular flexibility index (Phi) is 4.08. The van der Waals surface area contributed by atoms with Gasteiger partial charge >= 0.3 is 5.97 Å². The minimum absolute atomic E-state index is 0.191. The molecule has 0 atom stereocenters. The topological polar surface area (TPSA) is 77.9 Å². The average Bonchev–Trinajstić information content (AvgIpc) is 3.07. The number of methoxy groups -OCH3 is 1. The van der Waals surface area contributed by atoms with Crippen LogP contribution in [0.4, 0.5) is 0 Å².